The lowest BCUT2D eigenvalue weighted by Crippen LogP contribution is -2.20. The van der Waals surface area contributed by atoms with E-state index in [2.05, 4.69) is 25.8 Å². The van der Waals surface area contributed by atoms with E-state index in [4.69, 9.17) is 5.73 Å². The average Bonchev–Trinajstić information content (AvgIpc) is 3.06. The number of nitrogens with two attached hydrogens (primary N) is 1. The van der Waals surface area contributed by atoms with Crippen molar-refractivity contribution in [3.63, 3.8) is 0 Å². The summed E-state index contributed by atoms with van der Waals surface area (Å²) < 4.78 is 39.5. The number of hydrogen-bond acceptors (Lipinski definition) is 2. The van der Waals surface area contributed by atoms with Crippen LogP contribution in [0.25, 0.3) is 16.7 Å². The van der Waals surface area contributed by atoms with E-state index in [9.17, 15) is 13.2 Å². The van der Waals surface area contributed by atoms with Gasteiger partial charge in [0.1, 0.15) is 5.82 Å². The summed E-state index contributed by atoms with van der Waals surface area (Å²) in [5.74, 6) is 1.41. The summed E-state index contributed by atoms with van der Waals surface area (Å²) in [6.07, 6.45) is 4.06. The lowest BCUT2D eigenvalue weighted by Gasteiger charge is -2.33. The number of nitrogens with zero attached hydrogens (tertiary/aromatic N) is 2. The first-order chi connectivity index (χ1) is 14.1. The van der Waals surface area contributed by atoms with E-state index in [0.29, 0.717) is 17.8 Å². The van der Waals surface area contributed by atoms with Crippen molar-refractivity contribution in [1.82, 2.24) is 9.55 Å². The van der Waals surface area contributed by atoms with Crippen LogP contribution < -0.4 is 5.73 Å². The second-order valence-electron chi connectivity index (χ2n) is 9.01. The summed E-state index contributed by atoms with van der Waals surface area (Å²) in [6.45, 7) is 7.51. The number of alkyl halides is 3. The Hall–Kier alpha value is -2.34. The number of halogens is 3. The Morgan fingerprint density at radius 1 is 1.17 bits per heavy atom. The highest BCUT2D eigenvalue weighted by molar-refractivity contribution is 5.85. The van der Waals surface area contributed by atoms with Gasteiger partial charge in [-0.1, -0.05) is 51.8 Å². The van der Waals surface area contributed by atoms with Crippen LogP contribution in [0.15, 0.2) is 48.8 Å². The molecule has 162 valence electrons. The van der Waals surface area contributed by atoms with Crippen molar-refractivity contribution >= 4 is 10.9 Å². The summed E-state index contributed by atoms with van der Waals surface area (Å²) in [5, 5.41) is 0.974. The quantitative estimate of drug-likeness (QED) is 0.503. The maximum absolute atomic E-state index is 12.6. The van der Waals surface area contributed by atoms with E-state index >= 15 is 0 Å². The standard InChI is InChI=1S/C15H12F3N3.C9H18/c16-15(17,18)11-5-6-14(20-8-11)21-9-10(7-19)12-3-1-2-4-13(12)21;1-8-5-4-6-9(2,3)7-8/h1-6,8-9H,7,19H2;8H,4-7H2,1-3H3. The number of benzene rings is 1. The van der Waals surface area contributed by atoms with Gasteiger partial charge in [-0.25, -0.2) is 4.98 Å². The highest BCUT2D eigenvalue weighted by Gasteiger charge is 2.30. The van der Waals surface area contributed by atoms with Crippen LogP contribution in [0.3, 0.4) is 0 Å². The molecule has 3 aromatic rings. The molecule has 1 fully saturated rings. The van der Waals surface area contributed by atoms with Crippen molar-refractivity contribution in [2.45, 2.75) is 59.2 Å². The molecule has 2 aromatic heterocycles. The molecule has 1 aliphatic carbocycles. The molecular weight excluding hydrogens is 387 g/mol. The third-order valence-corrected chi connectivity index (χ3v) is 5.79. The average molecular weight is 418 g/mol. The molecule has 1 aliphatic rings. The summed E-state index contributed by atoms with van der Waals surface area (Å²) in [7, 11) is 0. The first-order valence-electron chi connectivity index (χ1n) is 10.4. The van der Waals surface area contributed by atoms with Crippen molar-refractivity contribution in [3.8, 4) is 5.82 Å². The zero-order valence-corrected chi connectivity index (χ0v) is 17.8. The molecule has 2 heterocycles. The van der Waals surface area contributed by atoms with Crippen molar-refractivity contribution in [2.75, 3.05) is 0 Å². The van der Waals surface area contributed by atoms with Gasteiger partial charge >= 0.3 is 6.18 Å². The first kappa shape index (κ1) is 22.3. The largest absolute Gasteiger partial charge is 0.417 e. The van der Waals surface area contributed by atoms with Gasteiger partial charge in [-0.15, -0.1) is 0 Å². The van der Waals surface area contributed by atoms with E-state index < -0.39 is 11.7 Å². The van der Waals surface area contributed by atoms with Crippen LogP contribution >= 0.6 is 0 Å². The number of fused-ring (bicyclic) bond motifs is 1. The van der Waals surface area contributed by atoms with E-state index in [-0.39, 0.29) is 0 Å². The lowest BCUT2D eigenvalue weighted by molar-refractivity contribution is -0.137. The SMILES string of the molecule is CC1CCCC(C)(C)C1.NCc1cn(-c2ccc(C(F)(F)F)cn2)c2ccccc12. The lowest BCUT2D eigenvalue weighted by atomic mass is 9.73. The fourth-order valence-electron chi connectivity index (χ4n) is 4.38. The third kappa shape index (κ3) is 5.22. The van der Waals surface area contributed by atoms with Gasteiger partial charge in [0.05, 0.1) is 11.1 Å². The number of aromatic nitrogens is 2. The maximum Gasteiger partial charge on any atom is 0.417 e. The maximum atomic E-state index is 12.6. The Morgan fingerprint density at radius 2 is 1.90 bits per heavy atom. The van der Waals surface area contributed by atoms with Crippen LogP contribution in [-0.2, 0) is 12.7 Å². The van der Waals surface area contributed by atoms with Gasteiger partial charge in [-0.3, -0.25) is 0 Å². The number of hydrogen-bond donors (Lipinski definition) is 1. The summed E-state index contributed by atoms with van der Waals surface area (Å²) in [5.41, 5.74) is 7.38. The molecule has 4 rings (SSSR count). The number of para-hydroxylation sites is 1. The molecule has 1 aromatic carbocycles. The van der Waals surface area contributed by atoms with Crippen LogP contribution in [0.5, 0.6) is 0 Å². The Kier molecular flexibility index (Phi) is 6.56. The molecule has 1 atom stereocenters. The molecule has 0 bridgehead atoms. The van der Waals surface area contributed by atoms with Crippen LogP contribution in [-0.4, -0.2) is 9.55 Å². The summed E-state index contributed by atoms with van der Waals surface area (Å²) in [6, 6.07) is 9.95. The van der Waals surface area contributed by atoms with Crippen molar-refractivity contribution in [3.05, 3.63) is 59.9 Å². The minimum Gasteiger partial charge on any atom is -0.326 e. The zero-order chi connectivity index (χ0) is 21.9. The molecule has 6 heteroatoms. The number of pyridine rings is 1. The zero-order valence-electron chi connectivity index (χ0n) is 17.8. The second-order valence-corrected chi connectivity index (χ2v) is 9.01. The Balaban J connectivity index is 0.000000239. The van der Waals surface area contributed by atoms with Crippen molar-refractivity contribution in [2.24, 2.45) is 17.1 Å². The molecule has 0 radical (unpaired) electrons. The fourth-order valence-corrected chi connectivity index (χ4v) is 4.38. The summed E-state index contributed by atoms with van der Waals surface area (Å²) in [4.78, 5) is 3.92. The molecule has 0 aliphatic heterocycles. The molecule has 0 saturated heterocycles. The minimum absolute atomic E-state index is 0.355. The Morgan fingerprint density at radius 3 is 2.43 bits per heavy atom. The van der Waals surface area contributed by atoms with Gasteiger partial charge < -0.3 is 10.3 Å². The molecule has 1 unspecified atom stereocenters. The van der Waals surface area contributed by atoms with E-state index in [1.807, 2.05) is 24.3 Å². The molecule has 0 spiro atoms. The molecule has 0 amide bonds. The Bertz CT molecular complexity index is 972. The van der Waals surface area contributed by atoms with Crippen LogP contribution in [0.2, 0.25) is 0 Å². The minimum atomic E-state index is -4.38. The van der Waals surface area contributed by atoms with E-state index in [1.165, 1.54) is 31.7 Å². The smallest absolute Gasteiger partial charge is 0.326 e. The van der Waals surface area contributed by atoms with Gasteiger partial charge in [0.25, 0.3) is 0 Å². The van der Waals surface area contributed by atoms with Gasteiger partial charge in [0.15, 0.2) is 0 Å². The van der Waals surface area contributed by atoms with Crippen molar-refractivity contribution in [1.29, 1.82) is 0 Å². The Labute approximate surface area is 176 Å². The van der Waals surface area contributed by atoms with Gasteiger partial charge in [-0.2, -0.15) is 13.2 Å². The van der Waals surface area contributed by atoms with Crippen LogP contribution in [0.1, 0.15) is 57.6 Å². The van der Waals surface area contributed by atoms with Crippen LogP contribution in [0, 0.1) is 11.3 Å². The van der Waals surface area contributed by atoms with Gasteiger partial charge in [0, 0.05) is 24.3 Å². The third-order valence-electron chi connectivity index (χ3n) is 5.79. The van der Waals surface area contributed by atoms with Crippen LogP contribution in [0.4, 0.5) is 13.2 Å². The molecule has 3 nitrogen and oxygen atoms in total. The fraction of sp³-hybridized carbons (Fsp3) is 0.458. The predicted octanol–water partition coefficient (Wildman–Crippen LogP) is 6.73. The highest BCUT2D eigenvalue weighted by Crippen LogP contribution is 2.38. The van der Waals surface area contributed by atoms with Crippen molar-refractivity contribution < 1.29 is 13.2 Å². The molecule has 1 saturated carbocycles. The normalized spacial score (nSPS) is 18.7. The second kappa shape index (κ2) is 8.80. The molecular formula is C24H30F3N3. The van der Waals surface area contributed by atoms with Gasteiger partial charge in [0.2, 0.25) is 0 Å². The van der Waals surface area contributed by atoms with E-state index in [1.54, 1.807) is 10.8 Å². The highest BCUT2D eigenvalue weighted by atomic mass is 19.4. The first-order valence-corrected chi connectivity index (χ1v) is 10.4. The van der Waals surface area contributed by atoms with E-state index in [0.717, 1.165) is 34.6 Å². The molecule has 30 heavy (non-hydrogen) atoms. The molecule has 2 N–H and O–H groups in total. The predicted molar refractivity (Wildman–Crippen MR) is 115 cm³/mol. The number of rotatable bonds is 2. The topological polar surface area (TPSA) is 43.8 Å². The monoisotopic (exact) mass is 417 g/mol. The summed E-state index contributed by atoms with van der Waals surface area (Å²) >= 11 is 0. The van der Waals surface area contributed by atoms with Gasteiger partial charge in [-0.05, 0) is 47.9 Å².